The molecule has 0 aliphatic carbocycles. The van der Waals surface area contributed by atoms with Crippen molar-refractivity contribution in [2.75, 3.05) is 6.61 Å². The summed E-state index contributed by atoms with van der Waals surface area (Å²) in [5, 5.41) is 28.2. The van der Waals surface area contributed by atoms with Crippen LogP contribution in [-0.4, -0.2) is 37.8 Å². The van der Waals surface area contributed by atoms with E-state index in [0.29, 0.717) is 10.8 Å². The maximum Gasteiger partial charge on any atom is 0.241 e. The van der Waals surface area contributed by atoms with Crippen molar-refractivity contribution in [3.8, 4) is 5.69 Å². The molecule has 1 aromatic carbocycles. The molecule has 1 atom stereocenters. The fourth-order valence-electron chi connectivity index (χ4n) is 2.09. The molecule has 2 N–H and O–H groups in total. The lowest BCUT2D eigenvalue weighted by molar-refractivity contribution is -0.0190. The van der Waals surface area contributed by atoms with Crippen molar-refractivity contribution in [1.29, 1.82) is 0 Å². The van der Waals surface area contributed by atoms with Crippen molar-refractivity contribution < 1.29 is 10.2 Å². The Labute approximate surface area is 114 Å². The minimum Gasteiger partial charge on any atom is -0.391 e. The van der Waals surface area contributed by atoms with Crippen molar-refractivity contribution >= 4 is 17.8 Å². The summed E-state index contributed by atoms with van der Waals surface area (Å²) in [6.45, 7) is 1.18. The van der Waals surface area contributed by atoms with Gasteiger partial charge < -0.3 is 10.2 Å². The van der Waals surface area contributed by atoms with Crippen LogP contribution in [0, 0.1) is 6.92 Å². The second-order valence-corrected chi connectivity index (χ2v) is 4.78. The molecule has 1 aromatic heterocycles. The van der Waals surface area contributed by atoms with Gasteiger partial charge in [0.1, 0.15) is 12.4 Å². The number of benzene rings is 1. The standard InChI is InChI=1S/C12H11ClN4O2/c1-7-15-16-11-12(19,6-18)14-5-8-4-9(13)2-3-10(8)17(7)11/h2-5,18-19H,6H2,1H3. The largest absolute Gasteiger partial charge is 0.391 e. The van der Waals surface area contributed by atoms with Crippen LogP contribution in [0.2, 0.25) is 5.02 Å². The summed E-state index contributed by atoms with van der Waals surface area (Å²) in [4.78, 5) is 4.01. The van der Waals surface area contributed by atoms with E-state index in [0.717, 1.165) is 11.3 Å². The number of aliphatic imine (C=N–C) groups is 1. The average molecular weight is 279 g/mol. The van der Waals surface area contributed by atoms with Gasteiger partial charge in [-0.05, 0) is 25.1 Å². The number of halogens is 1. The van der Waals surface area contributed by atoms with Gasteiger partial charge in [-0.3, -0.25) is 4.57 Å². The molecule has 0 saturated carbocycles. The van der Waals surface area contributed by atoms with Crippen molar-refractivity contribution in [2.24, 2.45) is 4.99 Å². The number of hydrogen-bond acceptors (Lipinski definition) is 5. The molecular weight excluding hydrogens is 268 g/mol. The molecule has 0 bridgehead atoms. The van der Waals surface area contributed by atoms with Gasteiger partial charge in [-0.1, -0.05) is 11.6 Å². The van der Waals surface area contributed by atoms with Gasteiger partial charge in [-0.2, -0.15) is 0 Å². The lowest BCUT2D eigenvalue weighted by Gasteiger charge is -2.19. The monoisotopic (exact) mass is 278 g/mol. The summed E-state index contributed by atoms with van der Waals surface area (Å²) in [6, 6.07) is 5.26. The van der Waals surface area contributed by atoms with Crippen LogP contribution < -0.4 is 0 Å². The van der Waals surface area contributed by atoms with E-state index in [1.54, 1.807) is 29.7 Å². The fraction of sp³-hybridized carbons (Fsp3) is 0.250. The van der Waals surface area contributed by atoms with Crippen LogP contribution in [0.1, 0.15) is 17.2 Å². The van der Waals surface area contributed by atoms with Crippen LogP contribution in [0.25, 0.3) is 5.69 Å². The first-order valence-corrected chi connectivity index (χ1v) is 6.04. The highest BCUT2D eigenvalue weighted by Crippen LogP contribution is 2.30. The normalized spacial score (nSPS) is 20.8. The molecular formula is C12H11ClN4O2. The quantitative estimate of drug-likeness (QED) is 0.808. The summed E-state index contributed by atoms with van der Waals surface area (Å²) in [5.74, 6) is 0.778. The minimum absolute atomic E-state index is 0.185. The molecule has 0 fully saturated rings. The summed E-state index contributed by atoms with van der Waals surface area (Å²) in [7, 11) is 0. The second kappa shape index (κ2) is 4.12. The van der Waals surface area contributed by atoms with E-state index in [2.05, 4.69) is 15.2 Å². The van der Waals surface area contributed by atoms with Crippen LogP contribution in [0.3, 0.4) is 0 Å². The predicted molar refractivity (Wildman–Crippen MR) is 69.7 cm³/mol. The van der Waals surface area contributed by atoms with Gasteiger partial charge in [0.2, 0.25) is 5.72 Å². The number of aromatic nitrogens is 3. The molecule has 0 spiro atoms. The van der Waals surface area contributed by atoms with E-state index < -0.39 is 12.3 Å². The zero-order valence-electron chi connectivity index (χ0n) is 10.1. The van der Waals surface area contributed by atoms with E-state index in [-0.39, 0.29) is 5.82 Å². The Bertz CT molecular complexity index is 682. The lowest BCUT2D eigenvalue weighted by Crippen LogP contribution is -2.31. The Morgan fingerprint density at radius 2 is 2.16 bits per heavy atom. The Balaban J connectivity index is 2.36. The third kappa shape index (κ3) is 1.76. The number of nitrogens with zero attached hydrogens (tertiary/aromatic N) is 4. The lowest BCUT2D eigenvalue weighted by atomic mass is 10.2. The first-order chi connectivity index (χ1) is 9.05. The SMILES string of the molecule is Cc1nnc2n1-c1ccc(Cl)cc1C=NC2(O)CO. The van der Waals surface area contributed by atoms with E-state index in [1.165, 1.54) is 6.21 Å². The molecule has 2 heterocycles. The molecule has 0 radical (unpaired) electrons. The van der Waals surface area contributed by atoms with Crippen molar-refractivity contribution in [1.82, 2.24) is 14.8 Å². The highest BCUT2D eigenvalue weighted by Gasteiger charge is 2.36. The molecule has 98 valence electrons. The second-order valence-electron chi connectivity index (χ2n) is 4.34. The van der Waals surface area contributed by atoms with E-state index >= 15 is 0 Å². The number of aryl methyl sites for hydroxylation is 1. The van der Waals surface area contributed by atoms with Crippen molar-refractivity contribution in [3.05, 3.63) is 40.4 Å². The number of fused-ring (bicyclic) bond motifs is 3. The van der Waals surface area contributed by atoms with Gasteiger partial charge in [0, 0.05) is 16.8 Å². The molecule has 2 aromatic rings. The summed E-state index contributed by atoms with van der Waals surface area (Å²) >= 11 is 5.96. The fourth-order valence-corrected chi connectivity index (χ4v) is 2.27. The summed E-state index contributed by atoms with van der Waals surface area (Å²) in [5.41, 5.74) is -0.316. The van der Waals surface area contributed by atoms with Crippen LogP contribution in [-0.2, 0) is 5.72 Å². The third-order valence-corrected chi connectivity index (χ3v) is 3.29. The third-order valence-electron chi connectivity index (χ3n) is 3.05. The van der Waals surface area contributed by atoms with Crippen molar-refractivity contribution in [2.45, 2.75) is 12.6 Å². The molecule has 3 rings (SSSR count). The molecule has 1 aliphatic rings. The van der Waals surface area contributed by atoms with Gasteiger partial charge in [0.25, 0.3) is 0 Å². The predicted octanol–water partition coefficient (Wildman–Crippen LogP) is 0.799. The van der Waals surface area contributed by atoms with Crippen molar-refractivity contribution in [3.63, 3.8) is 0 Å². The molecule has 1 aliphatic heterocycles. The smallest absolute Gasteiger partial charge is 0.241 e. The first kappa shape index (κ1) is 12.3. The van der Waals surface area contributed by atoms with Gasteiger partial charge >= 0.3 is 0 Å². The van der Waals surface area contributed by atoms with Gasteiger partial charge in [0.15, 0.2) is 5.82 Å². The topological polar surface area (TPSA) is 83.5 Å². The Morgan fingerprint density at radius 1 is 1.37 bits per heavy atom. The molecule has 1 unspecified atom stereocenters. The van der Waals surface area contributed by atoms with Crippen LogP contribution >= 0.6 is 11.6 Å². The zero-order chi connectivity index (χ0) is 13.6. The van der Waals surface area contributed by atoms with Gasteiger partial charge in [-0.15, -0.1) is 10.2 Å². The number of rotatable bonds is 1. The van der Waals surface area contributed by atoms with E-state index in [4.69, 9.17) is 11.6 Å². The maximum absolute atomic E-state index is 10.4. The van der Waals surface area contributed by atoms with Crippen LogP contribution in [0.4, 0.5) is 0 Å². The Hall–Kier alpha value is -1.76. The zero-order valence-corrected chi connectivity index (χ0v) is 10.8. The number of aliphatic hydroxyl groups is 2. The van der Waals surface area contributed by atoms with Crippen LogP contribution in [0.15, 0.2) is 23.2 Å². The molecule has 0 amide bonds. The van der Waals surface area contributed by atoms with Gasteiger partial charge in [0.05, 0.1) is 5.69 Å². The van der Waals surface area contributed by atoms with Crippen LogP contribution in [0.5, 0.6) is 0 Å². The summed E-state index contributed by atoms with van der Waals surface area (Å²) < 4.78 is 1.66. The summed E-state index contributed by atoms with van der Waals surface area (Å²) in [6.07, 6.45) is 1.48. The Morgan fingerprint density at radius 3 is 2.89 bits per heavy atom. The van der Waals surface area contributed by atoms with Gasteiger partial charge in [-0.25, -0.2) is 4.99 Å². The highest BCUT2D eigenvalue weighted by atomic mass is 35.5. The first-order valence-electron chi connectivity index (χ1n) is 5.66. The Kier molecular flexibility index (Phi) is 2.67. The minimum atomic E-state index is -1.80. The average Bonchev–Trinajstić information content (AvgIpc) is 2.73. The highest BCUT2D eigenvalue weighted by molar-refractivity contribution is 6.31. The molecule has 0 saturated heterocycles. The number of hydrogen-bond donors (Lipinski definition) is 2. The molecule has 7 heteroatoms. The molecule has 19 heavy (non-hydrogen) atoms. The van der Waals surface area contributed by atoms with E-state index in [1.807, 2.05) is 0 Å². The van der Waals surface area contributed by atoms with E-state index in [9.17, 15) is 10.2 Å². The number of aliphatic hydroxyl groups excluding tert-OH is 1. The molecule has 6 nitrogen and oxygen atoms in total. The maximum atomic E-state index is 10.4.